The molecule has 2 nitrogen and oxygen atoms in total. The standard InChI is InChI=1S/C15H20BrNOS/c1-11-4-3-9-17(10-11)15(18)12(2)19-14-7-5-13(16)6-8-14/h5-8,11-12H,3-4,9-10H2,1-2H3. The van der Waals surface area contributed by atoms with E-state index in [-0.39, 0.29) is 11.2 Å². The monoisotopic (exact) mass is 341 g/mol. The van der Waals surface area contributed by atoms with Crippen LogP contribution in [-0.2, 0) is 4.79 Å². The predicted molar refractivity (Wildman–Crippen MR) is 84.4 cm³/mol. The zero-order valence-electron chi connectivity index (χ0n) is 11.4. The average molecular weight is 342 g/mol. The normalized spacial score (nSPS) is 21.2. The first-order valence-corrected chi connectivity index (χ1v) is 8.44. The first-order chi connectivity index (χ1) is 9.06. The van der Waals surface area contributed by atoms with Crippen LogP contribution in [0.2, 0.25) is 0 Å². The minimum Gasteiger partial charge on any atom is -0.341 e. The molecule has 1 aliphatic heterocycles. The highest BCUT2D eigenvalue weighted by molar-refractivity contribution is 9.10. The van der Waals surface area contributed by atoms with Crippen molar-refractivity contribution in [3.05, 3.63) is 28.7 Å². The van der Waals surface area contributed by atoms with Gasteiger partial charge in [-0.2, -0.15) is 0 Å². The van der Waals surface area contributed by atoms with Crippen molar-refractivity contribution in [2.75, 3.05) is 13.1 Å². The third kappa shape index (κ3) is 4.25. The minimum atomic E-state index is -0.00789. The van der Waals surface area contributed by atoms with E-state index in [1.54, 1.807) is 11.8 Å². The first-order valence-electron chi connectivity index (χ1n) is 6.77. The van der Waals surface area contributed by atoms with Crippen LogP contribution in [0.4, 0.5) is 0 Å². The largest absolute Gasteiger partial charge is 0.341 e. The summed E-state index contributed by atoms with van der Waals surface area (Å²) in [5.74, 6) is 0.919. The second kappa shape index (κ2) is 6.80. The summed E-state index contributed by atoms with van der Waals surface area (Å²) in [6, 6.07) is 8.14. The first kappa shape index (κ1) is 14.9. The fourth-order valence-electron chi connectivity index (χ4n) is 2.41. The number of nitrogens with zero attached hydrogens (tertiary/aromatic N) is 1. The number of rotatable bonds is 3. The van der Waals surface area contributed by atoms with E-state index < -0.39 is 0 Å². The molecule has 0 spiro atoms. The van der Waals surface area contributed by atoms with Crippen molar-refractivity contribution in [2.24, 2.45) is 5.92 Å². The summed E-state index contributed by atoms with van der Waals surface area (Å²) in [4.78, 5) is 15.6. The Hall–Kier alpha value is -0.480. The molecule has 0 aliphatic carbocycles. The Morgan fingerprint density at radius 3 is 2.74 bits per heavy atom. The number of thioether (sulfide) groups is 1. The van der Waals surface area contributed by atoms with Crippen molar-refractivity contribution in [3.8, 4) is 0 Å². The van der Waals surface area contributed by atoms with Gasteiger partial charge in [0.25, 0.3) is 0 Å². The average Bonchev–Trinajstić information content (AvgIpc) is 2.40. The van der Waals surface area contributed by atoms with E-state index in [0.717, 1.165) is 28.9 Å². The van der Waals surface area contributed by atoms with Crippen LogP contribution in [0.15, 0.2) is 33.6 Å². The molecule has 0 radical (unpaired) electrons. The highest BCUT2D eigenvalue weighted by Crippen LogP contribution is 2.27. The number of carbonyl (C=O) groups is 1. The topological polar surface area (TPSA) is 20.3 Å². The van der Waals surface area contributed by atoms with Gasteiger partial charge in [-0.05, 0) is 49.9 Å². The van der Waals surface area contributed by atoms with Crippen LogP contribution in [0.25, 0.3) is 0 Å². The van der Waals surface area contributed by atoms with Gasteiger partial charge in [0.1, 0.15) is 0 Å². The SMILES string of the molecule is CC1CCCN(C(=O)C(C)Sc2ccc(Br)cc2)C1. The van der Waals surface area contributed by atoms with Gasteiger partial charge in [-0.15, -0.1) is 11.8 Å². The van der Waals surface area contributed by atoms with Gasteiger partial charge in [-0.1, -0.05) is 22.9 Å². The Morgan fingerprint density at radius 1 is 1.42 bits per heavy atom. The van der Waals surface area contributed by atoms with Gasteiger partial charge in [0.15, 0.2) is 0 Å². The lowest BCUT2D eigenvalue weighted by Gasteiger charge is -2.32. The molecule has 0 saturated carbocycles. The molecule has 1 saturated heterocycles. The second-order valence-electron chi connectivity index (χ2n) is 5.25. The van der Waals surface area contributed by atoms with E-state index in [1.807, 2.05) is 24.0 Å². The van der Waals surface area contributed by atoms with Crippen molar-refractivity contribution in [2.45, 2.75) is 36.8 Å². The van der Waals surface area contributed by atoms with Crippen LogP contribution >= 0.6 is 27.7 Å². The Morgan fingerprint density at radius 2 is 2.11 bits per heavy atom. The third-order valence-corrected chi connectivity index (χ3v) is 5.07. The lowest BCUT2D eigenvalue weighted by molar-refractivity contribution is -0.131. The van der Waals surface area contributed by atoms with E-state index >= 15 is 0 Å². The van der Waals surface area contributed by atoms with Crippen LogP contribution in [0, 0.1) is 5.92 Å². The number of likely N-dealkylation sites (tertiary alicyclic amines) is 1. The molecule has 0 aromatic heterocycles. The molecule has 0 bridgehead atoms. The smallest absolute Gasteiger partial charge is 0.235 e. The summed E-state index contributed by atoms with van der Waals surface area (Å²) in [6.45, 7) is 6.08. The van der Waals surface area contributed by atoms with E-state index in [4.69, 9.17) is 0 Å². The van der Waals surface area contributed by atoms with Crippen molar-refractivity contribution >= 4 is 33.6 Å². The van der Waals surface area contributed by atoms with Crippen LogP contribution in [0.3, 0.4) is 0 Å². The molecule has 1 aromatic carbocycles. The number of hydrogen-bond donors (Lipinski definition) is 0. The maximum atomic E-state index is 12.4. The molecule has 0 N–H and O–H groups in total. The maximum Gasteiger partial charge on any atom is 0.235 e. The molecule has 1 fully saturated rings. The predicted octanol–water partition coefficient (Wildman–Crippen LogP) is 4.19. The van der Waals surface area contributed by atoms with Crippen molar-refractivity contribution < 1.29 is 4.79 Å². The maximum absolute atomic E-state index is 12.4. The van der Waals surface area contributed by atoms with Crippen LogP contribution < -0.4 is 0 Å². The molecule has 2 atom stereocenters. The fourth-order valence-corrected chi connectivity index (χ4v) is 3.63. The van der Waals surface area contributed by atoms with Crippen molar-refractivity contribution in [1.82, 2.24) is 4.90 Å². The minimum absolute atomic E-state index is 0.00789. The number of hydrogen-bond acceptors (Lipinski definition) is 2. The van der Waals surface area contributed by atoms with Gasteiger partial charge in [-0.3, -0.25) is 4.79 Å². The number of benzene rings is 1. The van der Waals surface area contributed by atoms with E-state index in [0.29, 0.717) is 5.92 Å². The van der Waals surface area contributed by atoms with Gasteiger partial charge in [0.05, 0.1) is 5.25 Å². The second-order valence-corrected chi connectivity index (χ2v) is 7.58. The molecule has 2 unspecified atom stereocenters. The van der Waals surface area contributed by atoms with Crippen molar-refractivity contribution in [1.29, 1.82) is 0 Å². The molecule has 1 aliphatic rings. The van der Waals surface area contributed by atoms with Crippen LogP contribution in [0.5, 0.6) is 0 Å². The Balaban J connectivity index is 1.93. The molecular formula is C15H20BrNOS. The molecule has 1 amide bonds. The Labute approximate surface area is 128 Å². The van der Waals surface area contributed by atoms with E-state index in [2.05, 4.69) is 35.0 Å². The summed E-state index contributed by atoms with van der Waals surface area (Å²) >= 11 is 5.07. The van der Waals surface area contributed by atoms with Crippen LogP contribution in [-0.4, -0.2) is 29.1 Å². The molecular weight excluding hydrogens is 322 g/mol. The highest BCUT2D eigenvalue weighted by atomic mass is 79.9. The third-order valence-electron chi connectivity index (χ3n) is 3.44. The summed E-state index contributed by atoms with van der Waals surface area (Å²) in [5.41, 5.74) is 0. The lowest BCUT2D eigenvalue weighted by atomic mass is 10.0. The quantitative estimate of drug-likeness (QED) is 0.768. The van der Waals surface area contributed by atoms with Gasteiger partial charge in [0.2, 0.25) is 5.91 Å². The highest BCUT2D eigenvalue weighted by Gasteiger charge is 2.25. The van der Waals surface area contributed by atoms with Crippen molar-refractivity contribution in [3.63, 3.8) is 0 Å². The zero-order chi connectivity index (χ0) is 13.8. The summed E-state index contributed by atoms with van der Waals surface area (Å²) < 4.78 is 1.07. The lowest BCUT2D eigenvalue weighted by Crippen LogP contribution is -2.42. The molecule has 19 heavy (non-hydrogen) atoms. The van der Waals surface area contributed by atoms with E-state index in [9.17, 15) is 4.79 Å². The summed E-state index contributed by atoms with van der Waals surface area (Å²) in [7, 11) is 0. The molecule has 1 aromatic rings. The van der Waals surface area contributed by atoms with Gasteiger partial charge in [0, 0.05) is 22.5 Å². The molecule has 2 rings (SSSR count). The number of amides is 1. The molecule has 4 heteroatoms. The molecule has 104 valence electrons. The number of halogens is 1. The van der Waals surface area contributed by atoms with E-state index in [1.165, 1.54) is 6.42 Å². The Bertz CT molecular complexity index is 434. The summed E-state index contributed by atoms with van der Waals surface area (Å²) in [6.07, 6.45) is 2.39. The Kier molecular flexibility index (Phi) is 5.34. The van der Waals surface area contributed by atoms with Crippen LogP contribution in [0.1, 0.15) is 26.7 Å². The fraction of sp³-hybridized carbons (Fsp3) is 0.533. The van der Waals surface area contributed by atoms with Gasteiger partial charge < -0.3 is 4.90 Å². The number of carbonyl (C=O) groups excluding carboxylic acids is 1. The van der Waals surface area contributed by atoms with Gasteiger partial charge in [-0.25, -0.2) is 0 Å². The number of piperidine rings is 1. The van der Waals surface area contributed by atoms with Gasteiger partial charge >= 0.3 is 0 Å². The summed E-state index contributed by atoms with van der Waals surface area (Å²) in [5, 5.41) is -0.00789. The zero-order valence-corrected chi connectivity index (χ0v) is 13.8. The molecule has 1 heterocycles.